The van der Waals surface area contributed by atoms with Crippen molar-refractivity contribution in [1.82, 2.24) is 0 Å². The fourth-order valence-electron chi connectivity index (χ4n) is 6.57. The second-order valence-electron chi connectivity index (χ2n) is 11.4. The minimum atomic E-state index is -1.36. The highest BCUT2D eigenvalue weighted by molar-refractivity contribution is 5.78. The molecule has 0 unspecified atom stereocenters. The van der Waals surface area contributed by atoms with Crippen LogP contribution in [0.3, 0.4) is 0 Å². The molecule has 2 aliphatic rings. The highest BCUT2D eigenvalue weighted by atomic mass is 16.5. The van der Waals surface area contributed by atoms with E-state index in [9.17, 15) is 19.8 Å². The van der Waals surface area contributed by atoms with Crippen molar-refractivity contribution in [3.05, 3.63) is 133 Å². The Bertz CT molecular complexity index is 2010. The summed E-state index contributed by atoms with van der Waals surface area (Å²) in [6, 6.07) is 21.5. The van der Waals surface area contributed by atoms with E-state index in [0.29, 0.717) is 71.0 Å². The molecule has 5 aromatic rings. The van der Waals surface area contributed by atoms with E-state index in [1.807, 2.05) is 36.4 Å². The van der Waals surface area contributed by atoms with Gasteiger partial charge in [0.1, 0.15) is 34.7 Å². The van der Waals surface area contributed by atoms with E-state index in [0.717, 1.165) is 11.1 Å². The van der Waals surface area contributed by atoms with Gasteiger partial charge >= 0.3 is 0 Å². The van der Waals surface area contributed by atoms with Gasteiger partial charge in [-0.3, -0.25) is 9.59 Å². The minimum Gasteiger partial charge on any atom is -0.497 e. The van der Waals surface area contributed by atoms with Crippen molar-refractivity contribution in [2.24, 2.45) is 0 Å². The maximum atomic E-state index is 13.7. The molecule has 0 radical (unpaired) electrons. The van der Waals surface area contributed by atoms with E-state index in [4.69, 9.17) is 23.0 Å². The minimum absolute atomic E-state index is 0.112. The zero-order chi connectivity index (χ0) is 31.2. The molecule has 1 aliphatic heterocycles. The van der Waals surface area contributed by atoms with Crippen molar-refractivity contribution >= 4 is 11.0 Å². The highest BCUT2D eigenvalue weighted by Gasteiger charge is 2.52. The number of rotatable bonds is 8. The Morgan fingerprint density at radius 2 is 1.51 bits per heavy atom. The third-order valence-corrected chi connectivity index (χ3v) is 8.80. The summed E-state index contributed by atoms with van der Waals surface area (Å²) in [7, 11) is 3.05. The second-order valence-corrected chi connectivity index (χ2v) is 11.4. The Morgan fingerprint density at radius 1 is 0.756 bits per heavy atom. The van der Waals surface area contributed by atoms with Crippen LogP contribution in [-0.4, -0.2) is 36.6 Å². The summed E-state index contributed by atoms with van der Waals surface area (Å²) >= 11 is 0. The Kier molecular flexibility index (Phi) is 7.43. The summed E-state index contributed by atoms with van der Waals surface area (Å²) in [5.74, 6) is 1.57. The van der Waals surface area contributed by atoms with E-state index in [1.54, 1.807) is 24.3 Å². The number of aliphatic hydroxyl groups excluding tert-OH is 2. The van der Waals surface area contributed by atoms with Gasteiger partial charge in [0.05, 0.1) is 31.1 Å². The summed E-state index contributed by atoms with van der Waals surface area (Å²) < 4.78 is 29.3. The number of fused-ring (bicyclic) bond motifs is 7. The Hall–Kier alpha value is -4.86. The largest absolute Gasteiger partial charge is 0.497 e. The second kappa shape index (κ2) is 11.6. The molecule has 2 aromatic heterocycles. The Labute approximate surface area is 258 Å². The molecular weight excluding hydrogens is 576 g/mol. The highest BCUT2D eigenvalue weighted by Crippen LogP contribution is 2.52. The molecule has 2 bridgehead atoms. The molecule has 2 N–H and O–H groups in total. The summed E-state index contributed by atoms with van der Waals surface area (Å²) in [4.78, 5) is 26.6. The van der Waals surface area contributed by atoms with Crippen molar-refractivity contribution in [2.75, 3.05) is 14.2 Å². The molecule has 1 aliphatic carbocycles. The number of benzene rings is 3. The van der Waals surface area contributed by atoms with Crippen LogP contribution in [-0.2, 0) is 25.7 Å². The smallest absolute Gasteiger partial charge is 0.193 e. The average Bonchev–Trinajstić information content (AvgIpc) is 3.05. The number of hydrogen-bond acceptors (Lipinski definition) is 9. The monoisotopic (exact) mass is 608 g/mol. The summed E-state index contributed by atoms with van der Waals surface area (Å²) in [5, 5.41) is 23.2. The zero-order valence-electron chi connectivity index (χ0n) is 24.8. The molecule has 7 rings (SSSR count). The molecule has 3 heterocycles. The molecule has 9 heteroatoms. The molecule has 3 aromatic carbocycles. The lowest BCUT2D eigenvalue weighted by Crippen LogP contribution is -2.50. The van der Waals surface area contributed by atoms with Crippen LogP contribution in [0.25, 0.3) is 11.0 Å². The number of methoxy groups -OCH3 is 2. The predicted molar refractivity (Wildman–Crippen MR) is 165 cm³/mol. The zero-order valence-corrected chi connectivity index (χ0v) is 24.8. The lowest BCUT2D eigenvalue weighted by atomic mass is 9.72. The van der Waals surface area contributed by atoms with Gasteiger partial charge < -0.3 is 33.3 Å². The third-order valence-electron chi connectivity index (χ3n) is 8.80. The van der Waals surface area contributed by atoms with Gasteiger partial charge in [-0.1, -0.05) is 36.4 Å². The van der Waals surface area contributed by atoms with Gasteiger partial charge in [0.2, 0.25) is 0 Å². The predicted octanol–water partition coefficient (Wildman–Crippen LogP) is 4.63. The number of aryl methyl sites for hydroxylation is 4. The Balaban J connectivity index is 1.26. The van der Waals surface area contributed by atoms with Crippen LogP contribution in [0.5, 0.6) is 17.2 Å². The molecule has 0 saturated heterocycles. The average molecular weight is 609 g/mol. The molecular formula is C36H32O9. The maximum absolute atomic E-state index is 13.7. The van der Waals surface area contributed by atoms with Crippen molar-refractivity contribution in [2.45, 2.75) is 49.9 Å². The van der Waals surface area contributed by atoms with Gasteiger partial charge in [-0.15, -0.1) is 0 Å². The normalized spacial score (nSPS) is 19.8. The number of aliphatic hydroxyl groups is 2. The summed E-state index contributed by atoms with van der Waals surface area (Å²) in [6.07, 6.45) is -1.73. The molecule has 0 amide bonds. The summed E-state index contributed by atoms with van der Waals surface area (Å²) in [6.45, 7) is 0. The number of ether oxygens (including phenoxy) is 3. The maximum Gasteiger partial charge on any atom is 0.193 e. The van der Waals surface area contributed by atoms with E-state index in [1.165, 1.54) is 26.4 Å². The van der Waals surface area contributed by atoms with E-state index in [2.05, 4.69) is 0 Å². The van der Waals surface area contributed by atoms with Crippen LogP contribution in [0.2, 0.25) is 0 Å². The lowest BCUT2D eigenvalue weighted by molar-refractivity contribution is -0.0836. The molecule has 230 valence electrons. The fraction of sp³-hybridized carbons (Fsp3) is 0.278. The van der Waals surface area contributed by atoms with Gasteiger partial charge in [-0.25, -0.2) is 0 Å². The molecule has 9 nitrogen and oxygen atoms in total. The van der Waals surface area contributed by atoms with Gasteiger partial charge in [-0.05, 0) is 48.2 Å². The van der Waals surface area contributed by atoms with Gasteiger partial charge in [0.15, 0.2) is 34.6 Å². The topological polar surface area (TPSA) is 129 Å². The van der Waals surface area contributed by atoms with Gasteiger partial charge in [0, 0.05) is 30.5 Å². The van der Waals surface area contributed by atoms with Crippen LogP contribution in [0.1, 0.15) is 51.6 Å². The van der Waals surface area contributed by atoms with E-state index >= 15 is 0 Å². The molecule has 4 atom stereocenters. The first-order valence-electron chi connectivity index (χ1n) is 14.9. The molecule has 0 fully saturated rings. The van der Waals surface area contributed by atoms with Gasteiger partial charge in [-0.2, -0.15) is 0 Å². The van der Waals surface area contributed by atoms with Crippen LogP contribution in [0.15, 0.2) is 91.2 Å². The van der Waals surface area contributed by atoms with Crippen LogP contribution < -0.4 is 25.1 Å². The van der Waals surface area contributed by atoms with E-state index < -0.39 is 24.2 Å². The Morgan fingerprint density at radius 3 is 2.29 bits per heavy atom. The van der Waals surface area contributed by atoms with Crippen molar-refractivity contribution in [3.63, 3.8) is 0 Å². The van der Waals surface area contributed by atoms with Crippen molar-refractivity contribution < 1.29 is 33.3 Å². The van der Waals surface area contributed by atoms with Crippen LogP contribution in [0.4, 0.5) is 0 Å². The fourth-order valence-corrected chi connectivity index (χ4v) is 6.57. The lowest BCUT2D eigenvalue weighted by Gasteiger charge is -2.44. The van der Waals surface area contributed by atoms with Crippen molar-refractivity contribution in [3.8, 4) is 17.2 Å². The molecule has 0 spiro atoms. The van der Waals surface area contributed by atoms with Crippen LogP contribution >= 0.6 is 0 Å². The SMILES string of the molecule is COc1ccc2oc(CCc3ccc(OC)c4c3[C@H]3c5c(oc(CCc6ccccc6)cc5=O)[C@H](O)[C@@H](O4)[C@@H]3O)cc(=O)c2c1. The first kappa shape index (κ1) is 28.9. The first-order valence-corrected chi connectivity index (χ1v) is 14.9. The standard InChI is InChI=1S/C36H32O9/c1-41-21-13-15-27-24(16-21)25(37)17-22(43-27)12-9-20-10-14-28(42-2)34-29(20)31-30-26(38)18-23(11-8-19-6-4-3-5-7-19)44-35(30)33(40)36(45-34)32(31)39/h3-7,10,13-18,31-33,36,39-40H,8-9,11-12H2,1-2H3/t31-,32+,33-,36-/m0/s1. The quantitative estimate of drug-likeness (QED) is 0.259. The van der Waals surface area contributed by atoms with Crippen LogP contribution in [0, 0.1) is 0 Å². The summed E-state index contributed by atoms with van der Waals surface area (Å²) in [5.41, 5.74) is 2.62. The molecule has 0 saturated carbocycles. The first-order chi connectivity index (χ1) is 21.9. The molecule has 45 heavy (non-hydrogen) atoms. The van der Waals surface area contributed by atoms with E-state index in [-0.39, 0.29) is 22.2 Å². The number of hydrogen-bond donors (Lipinski definition) is 2. The van der Waals surface area contributed by atoms with Gasteiger partial charge in [0.25, 0.3) is 0 Å². The third kappa shape index (κ3) is 5.08. The van der Waals surface area contributed by atoms with Crippen molar-refractivity contribution in [1.29, 1.82) is 0 Å².